The molecular formula is C24H30BrN3O3S. The van der Waals surface area contributed by atoms with Crippen LogP contribution in [0.15, 0.2) is 46.9 Å². The van der Waals surface area contributed by atoms with Gasteiger partial charge in [-0.15, -0.1) is 0 Å². The lowest BCUT2D eigenvalue weighted by atomic mass is 10.1. The summed E-state index contributed by atoms with van der Waals surface area (Å²) in [4.78, 5) is 25.1. The molecule has 2 rings (SSSR count). The number of anilines is 1. The van der Waals surface area contributed by atoms with E-state index in [4.69, 9.17) is 17.0 Å². The lowest BCUT2D eigenvalue weighted by Crippen LogP contribution is -2.34. The van der Waals surface area contributed by atoms with E-state index in [1.807, 2.05) is 6.07 Å². The third-order valence-electron chi connectivity index (χ3n) is 4.56. The maximum Gasteiger partial charge on any atom is 0.261 e. The Morgan fingerprint density at radius 3 is 2.62 bits per heavy atom. The number of hydrogen-bond donors (Lipinski definition) is 3. The summed E-state index contributed by atoms with van der Waals surface area (Å²) in [6, 6.07) is 12.3. The molecule has 0 bridgehead atoms. The van der Waals surface area contributed by atoms with Crippen LogP contribution >= 0.6 is 28.1 Å². The molecule has 32 heavy (non-hydrogen) atoms. The topological polar surface area (TPSA) is 79.5 Å². The number of halogens is 1. The van der Waals surface area contributed by atoms with E-state index in [9.17, 15) is 9.59 Å². The molecular weight excluding hydrogens is 490 g/mol. The lowest BCUT2D eigenvalue weighted by Gasteiger charge is -2.14. The molecule has 2 aromatic carbocycles. The highest BCUT2D eigenvalue weighted by Crippen LogP contribution is 2.24. The van der Waals surface area contributed by atoms with Crippen LogP contribution in [0.25, 0.3) is 0 Å². The highest BCUT2D eigenvalue weighted by Gasteiger charge is 2.15. The Hall–Kier alpha value is -2.45. The van der Waals surface area contributed by atoms with E-state index >= 15 is 0 Å². The zero-order chi connectivity index (χ0) is 23.5. The van der Waals surface area contributed by atoms with Gasteiger partial charge in [0.2, 0.25) is 0 Å². The van der Waals surface area contributed by atoms with Gasteiger partial charge in [-0.2, -0.15) is 0 Å². The number of carbonyl (C=O) groups excluding carboxylic acids is 2. The van der Waals surface area contributed by atoms with Crippen LogP contribution in [-0.4, -0.2) is 30.1 Å². The molecule has 0 spiro atoms. The minimum atomic E-state index is -0.378. The number of rotatable bonds is 10. The summed E-state index contributed by atoms with van der Waals surface area (Å²) in [6.45, 7) is 7.46. The van der Waals surface area contributed by atoms with Crippen molar-refractivity contribution in [3.63, 3.8) is 0 Å². The van der Waals surface area contributed by atoms with Crippen LogP contribution in [0.5, 0.6) is 5.75 Å². The van der Waals surface area contributed by atoms with E-state index in [0.717, 1.165) is 23.7 Å². The normalized spacial score (nSPS) is 10.5. The van der Waals surface area contributed by atoms with Gasteiger partial charge in [0.15, 0.2) is 5.11 Å². The second kappa shape index (κ2) is 13.2. The van der Waals surface area contributed by atoms with Gasteiger partial charge in [0, 0.05) is 22.3 Å². The fourth-order valence-electron chi connectivity index (χ4n) is 2.76. The van der Waals surface area contributed by atoms with Crippen LogP contribution in [0.4, 0.5) is 5.69 Å². The summed E-state index contributed by atoms with van der Waals surface area (Å²) in [5.74, 6) is 0.482. The monoisotopic (exact) mass is 519 g/mol. The number of benzene rings is 2. The highest BCUT2D eigenvalue weighted by molar-refractivity contribution is 9.10. The lowest BCUT2D eigenvalue weighted by molar-refractivity contribution is 0.0950. The minimum absolute atomic E-state index is 0.131. The first kappa shape index (κ1) is 25.8. The van der Waals surface area contributed by atoms with E-state index < -0.39 is 0 Å². The molecule has 6 nitrogen and oxygen atoms in total. The summed E-state index contributed by atoms with van der Waals surface area (Å²) in [5, 5.41) is 8.66. The SMILES string of the molecule is CCCCNC(=O)c1cccc(NC(=S)NC(=O)c2cc(Br)ccc2OCCC(C)C)c1. The van der Waals surface area contributed by atoms with Crippen molar-refractivity contribution >= 4 is 50.8 Å². The Morgan fingerprint density at radius 1 is 1.12 bits per heavy atom. The molecule has 0 saturated heterocycles. The van der Waals surface area contributed by atoms with Gasteiger partial charge in [-0.25, -0.2) is 0 Å². The highest BCUT2D eigenvalue weighted by atomic mass is 79.9. The van der Waals surface area contributed by atoms with Crippen molar-refractivity contribution in [2.24, 2.45) is 5.92 Å². The first-order valence-corrected chi connectivity index (χ1v) is 11.9. The molecule has 172 valence electrons. The Bertz CT molecular complexity index is 950. The van der Waals surface area contributed by atoms with Gasteiger partial charge in [-0.1, -0.05) is 49.2 Å². The van der Waals surface area contributed by atoms with Crippen molar-refractivity contribution in [1.82, 2.24) is 10.6 Å². The average Bonchev–Trinajstić information content (AvgIpc) is 2.74. The first-order valence-electron chi connectivity index (χ1n) is 10.7. The van der Waals surface area contributed by atoms with Crippen LogP contribution in [0.3, 0.4) is 0 Å². The maximum atomic E-state index is 12.8. The predicted molar refractivity (Wildman–Crippen MR) is 136 cm³/mol. The largest absolute Gasteiger partial charge is 0.493 e. The first-order chi connectivity index (χ1) is 15.3. The number of nitrogens with one attached hydrogen (secondary N) is 3. The van der Waals surface area contributed by atoms with Gasteiger partial charge >= 0.3 is 0 Å². The Labute approximate surface area is 203 Å². The fraction of sp³-hybridized carbons (Fsp3) is 0.375. The van der Waals surface area contributed by atoms with Crippen molar-refractivity contribution in [1.29, 1.82) is 0 Å². The zero-order valence-corrected chi connectivity index (χ0v) is 21.1. The minimum Gasteiger partial charge on any atom is -0.493 e. The summed E-state index contributed by atoms with van der Waals surface area (Å²) >= 11 is 8.71. The van der Waals surface area contributed by atoms with Crippen molar-refractivity contribution in [2.45, 2.75) is 40.0 Å². The molecule has 0 unspecified atom stereocenters. The van der Waals surface area contributed by atoms with Crippen LogP contribution < -0.4 is 20.7 Å². The molecule has 0 aliphatic rings. The standard InChI is InChI=1S/C24H30BrN3O3S/c1-4-5-12-26-22(29)17-7-6-8-19(14-17)27-24(32)28-23(30)20-15-18(25)9-10-21(20)31-13-11-16(2)3/h6-10,14-16H,4-5,11-13H2,1-3H3,(H,26,29)(H2,27,28,30,32). The Balaban J connectivity index is 2.01. The van der Waals surface area contributed by atoms with E-state index in [2.05, 4.69) is 52.7 Å². The number of amides is 2. The average molecular weight is 520 g/mol. The van der Waals surface area contributed by atoms with E-state index in [1.54, 1.807) is 36.4 Å². The van der Waals surface area contributed by atoms with Crippen molar-refractivity contribution in [2.75, 3.05) is 18.5 Å². The van der Waals surface area contributed by atoms with Crippen LogP contribution in [0.2, 0.25) is 0 Å². The summed E-state index contributed by atoms with van der Waals surface area (Å²) < 4.78 is 6.58. The van der Waals surface area contributed by atoms with Crippen LogP contribution in [-0.2, 0) is 0 Å². The molecule has 0 radical (unpaired) electrons. The molecule has 0 aliphatic heterocycles. The van der Waals surface area contributed by atoms with Gasteiger partial charge in [0.1, 0.15) is 5.75 Å². The Morgan fingerprint density at radius 2 is 1.91 bits per heavy atom. The molecule has 8 heteroatoms. The molecule has 0 atom stereocenters. The fourth-order valence-corrected chi connectivity index (χ4v) is 3.33. The smallest absolute Gasteiger partial charge is 0.261 e. The molecule has 0 saturated carbocycles. The van der Waals surface area contributed by atoms with Gasteiger partial charge in [0.05, 0.1) is 12.2 Å². The van der Waals surface area contributed by atoms with E-state index in [1.165, 1.54) is 0 Å². The molecule has 0 heterocycles. The van der Waals surface area contributed by atoms with Crippen LogP contribution in [0.1, 0.15) is 60.7 Å². The third kappa shape index (κ3) is 8.59. The molecule has 2 amide bonds. The number of hydrogen-bond acceptors (Lipinski definition) is 4. The van der Waals surface area contributed by atoms with Gasteiger partial charge < -0.3 is 15.4 Å². The van der Waals surface area contributed by atoms with Crippen molar-refractivity contribution in [3.05, 3.63) is 58.1 Å². The number of carbonyl (C=O) groups is 2. The molecule has 0 aliphatic carbocycles. The molecule has 0 aromatic heterocycles. The van der Waals surface area contributed by atoms with Gasteiger partial charge in [-0.3, -0.25) is 14.9 Å². The Kier molecular flexibility index (Phi) is 10.6. The third-order valence-corrected chi connectivity index (χ3v) is 5.26. The van der Waals surface area contributed by atoms with E-state index in [0.29, 0.717) is 41.6 Å². The summed E-state index contributed by atoms with van der Waals surface area (Å²) in [6.07, 6.45) is 2.83. The summed E-state index contributed by atoms with van der Waals surface area (Å²) in [5.41, 5.74) is 1.52. The molecule has 3 N–H and O–H groups in total. The van der Waals surface area contributed by atoms with Gasteiger partial charge in [-0.05, 0) is 67.4 Å². The molecule has 0 fully saturated rings. The predicted octanol–water partition coefficient (Wildman–Crippen LogP) is 5.53. The maximum absolute atomic E-state index is 12.8. The van der Waals surface area contributed by atoms with Gasteiger partial charge in [0.25, 0.3) is 11.8 Å². The zero-order valence-electron chi connectivity index (χ0n) is 18.7. The number of thiocarbonyl (C=S) groups is 1. The second-order valence-electron chi connectivity index (χ2n) is 7.77. The number of ether oxygens (including phenoxy) is 1. The summed E-state index contributed by atoms with van der Waals surface area (Å²) in [7, 11) is 0. The molecule has 2 aromatic rings. The van der Waals surface area contributed by atoms with Crippen LogP contribution in [0, 0.1) is 5.92 Å². The number of unbranched alkanes of at least 4 members (excludes halogenated alkanes) is 1. The second-order valence-corrected chi connectivity index (χ2v) is 9.09. The van der Waals surface area contributed by atoms with Crippen molar-refractivity contribution < 1.29 is 14.3 Å². The van der Waals surface area contributed by atoms with Crippen molar-refractivity contribution in [3.8, 4) is 5.75 Å². The quantitative estimate of drug-likeness (QED) is 0.284. The van der Waals surface area contributed by atoms with E-state index in [-0.39, 0.29) is 16.9 Å².